The van der Waals surface area contributed by atoms with Crippen LogP contribution in [0.15, 0.2) is 68.5 Å². The van der Waals surface area contributed by atoms with Crippen LogP contribution in [0.1, 0.15) is 62.9 Å². The van der Waals surface area contributed by atoms with Crippen LogP contribution in [0.5, 0.6) is 0 Å². The van der Waals surface area contributed by atoms with Crippen LogP contribution >= 0.6 is 0 Å². The highest BCUT2D eigenvalue weighted by atomic mass is 16.3. The molecule has 4 N–H and O–H groups in total. The van der Waals surface area contributed by atoms with Gasteiger partial charge in [-0.25, -0.2) is 0 Å². The summed E-state index contributed by atoms with van der Waals surface area (Å²) < 4.78 is 11.6. The average molecular weight is 407 g/mol. The van der Waals surface area contributed by atoms with Crippen molar-refractivity contribution in [1.29, 1.82) is 0 Å². The van der Waals surface area contributed by atoms with E-state index in [4.69, 9.17) is 20.3 Å². The van der Waals surface area contributed by atoms with Gasteiger partial charge in [-0.1, -0.05) is 31.8 Å². The minimum atomic E-state index is -0.204. The molecule has 0 saturated heterocycles. The molecule has 2 saturated carbocycles. The van der Waals surface area contributed by atoms with Crippen molar-refractivity contribution in [3.05, 3.63) is 71.2 Å². The monoisotopic (exact) mass is 406 g/mol. The number of rotatable bonds is 6. The zero-order valence-corrected chi connectivity index (χ0v) is 17.8. The Morgan fingerprint density at radius 1 is 0.900 bits per heavy atom. The maximum Gasteiger partial charge on any atom is 0.107 e. The van der Waals surface area contributed by atoms with Crippen LogP contribution in [0.25, 0.3) is 0 Å². The third kappa shape index (κ3) is 3.45. The summed E-state index contributed by atoms with van der Waals surface area (Å²) in [5.41, 5.74) is 17.5. The molecule has 0 aromatic carbocycles. The molecular weight excluding hydrogens is 372 g/mol. The zero-order valence-electron chi connectivity index (χ0n) is 17.8. The van der Waals surface area contributed by atoms with Gasteiger partial charge >= 0.3 is 0 Å². The number of allylic oxidation sites excluding steroid dienone is 1. The van der Waals surface area contributed by atoms with Crippen molar-refractivity contribution in [3.63, 3.8) is 0 Å². The smallest absolute Gasteiger partial charge is 0.107 e. The van der Waals surface area contributed by atoms with E-state index in [0.29, 0.717) is 11.8 Å². The van der Waals surface area contributed by atoms with Gasteiger partial charge in [0.05, 0.1) is 12.5 Å². The highest BCUT2D eigenvalue weighted by Crippen LogP contribution is 2.53. The van der Waals surface area contributed by atoms with Gasteiger partial charge in [-0.05, 0) is 72.9 Å². The van der Waals surface area contributed by atoms with Gasteiger partial charge in [0.2, 0.25) is 0 Å². The molecule has 2 fully saturated rings. The maximum atomic E-state index is 7.15. The highest BCUT2D eigenvalue weighted by Gasteiger charge is 2.47. The van der Waals surface area contributed by atoms with E-state index in [-0.39, 0.29) is 11.5 Å². The Hall–Kier alpha value is -2.20. The lowest BCUT2D eigenvalue weighted by atomic mass is 9.61. The molecule has 0 bridgehead atoms. The predicted molar refractivity (Wildman–Crippen MR) is 118 cm³/mol. The molecule has 2 aromatic rings. The van der Waals surface area contributed by atoms with Crippen molar-refractivity contribution in [1.82, 2.24) is 0 Å². The first-order chi connectivity index (χ1) is 14.7. The van der Waals surface area contributed by atoms with E-state index in [1.807, 2.05) is 18.2 Å². The minimum absolute atomic E-state index is 0.107. The van der Waals surface area contributed by atoms with Crippen LogP contribution in [-0.4, -0.2) is 6.04 Å². The molecule has 0 radical (unpaired) electrons. The zero-order chi connectivity index (χ0) is 20.6. The molecule has 0 aliphatic heterocycles. The fourth-order valence-corrected chi connectivity index (χ4v) is 6.39. The Balaban J connectivity index is 1.63. The van der Waals surface area contributed by atoms with Gasteiger partial charge in [0, 0.05) is 30.0 Å². The van der Waals surface area contributed by atoms with Crippen molar-refractivity contribution < 1.29 is 8.83 Å². The van der Waals surface area contributed by atoms with Crippen molar-refractivity contribution in [2.45, 2.75) is 70.3 Å². The standard InChI is InChI=1S/C26H34N2O2/c27-24-19(15-21-11-5-13-29-21)16-26(20-9-3-4-10-20,17-22-12-6-14-30-22)25(28)23(24)18-7-1-2-8-18/h5-6,11-14,16,18,20,24H,1-4,7-10,15,17,27-28H2. The van der Waals surface area contributed by atoms with Gasteiger partial charge in [0.15, 0.2) is 0 Å². The maximum absolute atomic E-state index is 7.15. The van der Waals surface area contributed by atoms with Gasteiger partial charge in [-0.2, -0.15) is 0 Å². The van der Waals surface area contributed by atoms with E-state index >= 15 is 0 Å². The number of furan rings is 2. The van der Waals surface area contributed by atoms with Crippen molar-refractivity contribution in [3.8, 4) is 0 Å². The Morgan fingerprint density at radius 2 is 1.53 bits per heavy atom. The summed E-state index contributed by atoms with van der Waals surface area (Å²) >= 11 is 0. The number of nitrogens with two attached hydrogens (primary N) is 2. The Bertz CT molecular complexity index is 897. The lowest BCUT2D eigenvalue weighted by Crippen LogP contribution is -2.45. The summed E-state index contributed by atoms with van der Waals surface area (Å²) in [6, 6.07) is 7.98. The average Bonchev–Trinajstić information content (AvgIpc) is 3.55. The molecule has 3 aliphatic carbocycles. The first-order valence-electron chi connectivity index (χ1n) is 11.7. The largest absolute Gasteiger partial charge is 0.469 e. The molecule has 0 amide bonds. The van der Waals surface area contributed by atoms with Crippen LogP contribution in [-0.2, 0) is 12.8 Å². The van der Waals surface area contributed by atoms with E-state index in [1.165, 1.54) is 62.5 Å². The number of hydrogen-bond donors (Lipinski definition) is 2. The van der Waals surface area contributed by atoms with Crippen molar-refractivity contribution >= 4 is 0 Å². The molecule has 4 nitrogen and oxygen atoms in total. The molecule has 0 spiro atoms. The molecule has 2 atom stereocenters. The number of hydrogen-bond acceptors (Lipinski definition) is 4. The molecule has 160 valence electrons. The van der Waals surface area contributed by atoms with Gasteiger partial charge in [0.25, 0.3) is 0 Å². The topological polar surface area (TPSA) is 78.3 Å². The summed E-state index contributed by atoms with van der Waals surface area (Å²) in [4.78, 5) is 0. The third-order valence-electron chi connectivity index (χ3n) is 7.87. The predicted octanol–water partition coefficient (Wildman–Crippen LogP) is 5.50. The molecule has 30 heavy (non-hydrogen) atoms. The first-order valence-corrected chi connectivity index (χ1v) is 11.7. The second kappa shape index (κ2) is 8.14. The van der Waals surface area contributed by atoms with Crippen molar-refractivity contribution in [2.75, 3.05) is 0 Å². The molecule has 2 aromatic heterocycles. The summed E-state index contributed by atoms with van der Waals surface area (Å²) in [7, 11) is 0. The summed E-state index contributed by atoms with van der Waals surface area (Å²) in [6.45, 7) is 0. The fraction of sp³-hybridized carbons (Fsp3) is 0.538. The van der Waals surface area contributed by atoms with Gasteiger partial charge in [-0.3, -0.25) is 0 Å². The Morgan fingerprint density at radius 3 is 2.17 bits per heavy atom. The molecule has 3 aliphatic rings. The van der Waals surface area contributed by atoms with Crippen LogP contribution in [0.3, 0.4) is 0 Å². The lowest BCUT2D eigenvalue weighted by Gasteiger charge is -2.45. The molecule has 4 heteroatoms. The normalized spacial score (nSPS) is 28.4. The summed E-state index contributed by atoms with van der Waals surface area (Å²) in [5, 5.41) is 0. The summed E-state index contributed by atoms with van der Waals surface area (Å²) in [5.74, 6) is 3.04. The van der Waals surface area contributed by atoms with E-state index in [9.17, 15) is 0 Å². The molecular formula is C26H34N2O2. The third-order valence-corrected chi connectivity index (χ3v) is 7.87. The lowest BCUT2D eigenvalue weighted by molar-refractivity contribution is 0.247. The molecule has 2 heterocycles. The minimum Gasteiger partial charge on any atom is -0.469 e. The SMILES string of the molecule is NC1=C(C2CCCC2)C(N)C(Cc2ccco2)=CC1(Cc1ccco1)C1CCCC1. The fourth-order valence-electron chi connectivity index (χ4n) is 6.39. The van der Waals surface area contributed by atoms with Gasteiger partial charge < -0.3 is 20.3 Å². The second-order valence-electron chi connectivity index (χ2n) is 9.58. The Kier molecular flexibility index (Phi) is 5.36. The first kappa shape index (κ1) is 19.7. The van der Waals surface area contributed by atoms with Gasteiger partial charge in [0.1, 0.15) is 11.5 Å². The highest BCUT2D eigenvalue weighted by molar-refractivity contribution is 5.45. The Labute approximate surface area is 179 Å². The van der Waals surface area contributed by atoms with E-state index in [2.05, 4.69) is 12.1 Å². The second-order valence-corrected chi connectivity index (χ2v) is 9.58. The summed E-state index contributed by atoms with van der Waals surface area (Å²) in [6.07, 6.45) is 17.5. The molecule has 2 unspecified atom stereocenters. The van der Waals surface area contributed by atoms with Crippen LogP contribution < -0.4 is 11.5 Å². The van der Waals surface area contributed by atoms with Crippen LogP contribution in [0.4, 0.5) is 0 Å². The quantitative estimate of drug-likeness (QED) is 0.621. The van der Waals surface area contributed by atoms with Crippen molar-refractivity contribution in [2.24, 2.45) is 28.7 Å². The molecule has 5 rings (SSSR count). The van der Waals surface area contributed by atoms with Gasteiger partial charge in [-0.15, -0.1) is 0 Å². The van der Waals surface area contributed by atoms with E-state index < -0.39 is 0 Å². The van der Waals surface area contributed by atoms with Crippen LogP contribution in [0, 0.1) is 17.3 Å². The van der Waals surface area contributed by atoms with Crippen LogP contribution in [0.2, 0.25) is 0 Å². The van der Waals surface area contributed by atoms with E-state index in [1.54, 1.807) is 12.5 Å². The van der Waals surface area contributed by atoms with E-state index in [0.717, 1.165) is 30.1 Å².